The minimum Gasteiger partial charge on any atom is -0.452 e. The zero-order valence-corrected chi connectivity index (χ0v) is 13.1. The number of aryl methyl sites for hydroxylation is 1. The highest BCUT2D eigenvalue weighted by Gasteiger charge is 2.26. The molecule has 0 bridgehead atoms. The summed E-state index contributed by atoms with van der Waals surface area (Å²) in [7, 11) is 0. The van der Waals surface area contributed by atoms with Crippen LogP contribution in [0.5, 0.6) is 0 Å². The topological polar surface area (TPSA) is 32.5 Å². The van der Waals surface area contributed by atoms with Crippen LogP contribution in [0.2, 0.25) is 0 Å². The van der Waals surface area contributed by atoms with E-state index in [1.165, 1.54) is 5.56 Å². The molecule has 0 N–H and O–H groups in total. The molecule has 0 amide bonds. The first-order valence-corrected chi connectivity index (χ1v) is 7.70. The van der Waals surface area contributed by atoms with Crippen molar-refractivity contribution in [1.82, 2.24) is 9.88 Å². The van der Waals surface area contributed by atoms with E-state index in [2.05, 4.69) is 60.1 Å². The van der Waals surface area contributed by atoms with Crippen molar-refractivity contribution in [3.8, 4) is 0 Å². The van der Waals surface area contributed by atoms with Crippen LogP contribution in [0.1, 0.15) is 19.4 Å². The molecule has 1 atom stereocenters. The van der Waals surface area contributed by atoms with E-state index in [0.717, 1.165) is 34.3 Å². The predicted octanol–water partition coefficient (Wildman–Crippen LogP) is 4.25. The molecule has 0 spiro atoms. The van der Waals surface area contributed by atoms with Gasteiger partial charge >= 0.3 is 0 Å². The molecule has 1 aliphatic heterocycles. The van der Waals surface area contributed by atoms with Crippen molar-refractivity contribution < 1.29 is 4.42 Å². The van der Waals surface area contributed by atoms with Crippen LogP contribution in [0, 0.1) is 6.92 Å². The van der Waals surface area contributed by atoms with E-state index < -0.39 is 0 Å². The minimum absolute atomic E-state index is 0.287. The SMILES string of the molecule is CCN1C=CN(c2c(C)ccc3c2oc2cccnc23)[C@H]1C. The summed E-state index contributed by atoms with van der Waals surface area (Å²) in [6, 6.07) is 8.14. The molecule has 1 aromatic carbocycles. The maximum atomic E-state index is 6.14. The van der Waals surface area contributed by atoms with Gasteiger partial charge in [0.05, 0.1) is 5.69 Å². The van der Waals surface area contributed by atoms with Crippen LogP contribution in [0.25, 0.3) is 22.1 Å². The Kier molecular flexibility index (Phi) is 2.86. The predicted molar refractivity (Wildman–Crippen MR) is 89.7 cm³/mol. The molecule has 22 heavy (non-hydrogen) atoms. The van der Waals surface area contributed by atoms with Gasteiger partial charge in [0.15, 0.2) is 11.2 Å². The van der Waals surface area contributed by atoms with E-state index in [9.17, 15) is 0 Å². The Labute approximate surface area is 129 Å². The van der Waals surface area contributed by atoms with Crippen LogP contribution in [-0.4, -0.2) is 22.6 Å². The maximum absolute atomic E-state index is 6.14. The van der Waals surface area contributed by atoms with Crippen LogP contribution in [0.3, 0.4) is 0 Å². The highest BCUT2D eigenvalue weighted by molar-refractivity contribution is 6.07. The Hall–Kier alpha value is -2.49. The third-order valence-corrected chi connectivity index (χ3v) is 4.50. The van der Waals surface area contributed by atoms with Gasteiger partial charge in [0.25, 0.3) is 0 Å². The summed E-state index contributed by atoms with van der Waals surface area (Å²) in [4.78, 5) is 9.06. The maximum Gasteiger partial charge on any atom is 0.161 e. The molecule has 4 heteroatoms. The van der Waals surface area contributed by atoms with E-state index >= 15 is 0 Å². The van der Waals surface area contributed by atoms with Crippen LogP contribution < -0.4 is 4.90 Å². The third kappa shape index (κ3) is 1.73. The van der Waals surface area contributed by atoms with Gasteiger partial charge in [0, 0.05) is 30.5 Å². The lowest BCUT2D eigenvalue weighted by Gasteiger charge is -2.29. The first kappa shape index (κ1) is 13.2. The number of rotatable bonds is 2. The van der Waals surface area contributed by atoms with Gasteiger partial charge in [-0.05, 0) is 44.5 Å². The number of anilines is 1. The van der Waals surface area contributed by atoms with Crippen molar-refractivity contribution in [2.75, 3.05) is 11.4 Å². The van der Waals surface area contributed by atoms with Crippen LogP contribution >= 0.6 is 0 Å². The van der Waals surface area contributed by atoms with E-state index in [-0.39, 0.29) is 6.17 Å². The van der Waals surface area contributed by atoms with Gasteiger partial charge in [-0.25, -0.2) is 0 Å². The highest BCUT2D eigenvalue weighted by atomic mass is 16.3. The summed E-state index contributed by atoms with van der Waals surface area (Å²) in [5.41, 5.74) is 5.04. The molecular formula is C18H19N3O. The van der Waals surface area contributed by atoms with Gasteiger partial charge in [-0.3, -0.25) is 4.98 Å². The molecule has 3 aromatic rings. The first-order valence-electron chi connectivity index (χ1n) is 7.70. The summed E-state index contributed by atoms with van der Waals surface area (Å²) in [6.07, 6.45) is 6.38. The van der Waals surface area contributed by atoms with E-state index in [4.69, 9.17) is 4.42 Å². The molecule has 1 aliphatic rings. The molecule has 0 unspecified atom stereocenters. The lowest BCUT2D eigenvalue weighted by Crippen LogP contribution is -2.36. The number of pyridine rings is 1. The quantitative estimate of drug-likeness (QED) is 0.707. The average Bonchev–Trinajstić information content (AvgIpc) is 3.08. The van der Waals surface area contributed by atoms with Crippen molar-refractivity contribution in [1.29, 1.82) is 0 Å². The smallest absolute Gasteiger partial charge is 0.161 e. The molecular weight excluding hydrogens is 274 g/mol. The number of hydrogen-bond donors (Lipinski definition) is 0. The zero-order valence-electron chi connectivity index (χ0n) is 13.1. The number of fused-ring (bicyclic) bond motifs is 3. The fourth-order valence-corrected chi connectivity index (χ4v) is 3.26. The summed E-state index contributed by atoms with van der Waals surface area (Å²) >= 11 is 0. The van der Waals surface area contributed by atoms with Gasteiger partial charge in [-0.2, -0.15) is 0 Å². The van der Waals surface area contributed by atoms with Gasteiger partial charge in [-0.15, -0.1) is 0 Å². The first-order chi connectivity index (χ1) is 10.7. The Morgan fingerprint density at radius 2 is 2.09 bits per heavy atom. The summed E-state index contributed by atoms with van der Waals surface area (Å²) < 4.78 is 6.14. The van der Waals surface area contributed by atoms with Crippen molar-refractivity contribution in [3.05, 3.63) is 48.4 Å². The summed E-state index contributed by atoms with van der Waals surface area (Å²) in [6.45, 7) is 7.50. The van der Waals surface area contributed by atoms with E-state index in [1.54, 1.807) is 0 Å². The molecule has 0 fully saturated rings. The second kappa shape index (κ2) is 4.77. The van der Waals surface area contributed by atoms with Gasteiger partial charge in [0.2, 0.25) is 0 Å². The summed E-state index contributed by atoms with van der Waals surface area (Å²) in [5, 5.41) is 1.08. The molecule has 0 aliphatic carbocycles. The second-order valence-corrected chi connectivity index (χ2v) is 5.73. The van der Waals surface area contributed by atoms with Crippen molar-refractivity contribution >= 4 is 27.8 Å². The van der Waals surface area contributed by atoms with Gasteiger partial charge in [-0.1, -0.05) is 6.07 Å². The average molecular weight is 293 g/mol. The fraction of sp³-hybridized carbons (Fsp3) is 0.278. The number of nitrogens with zero attached hydrogens (tertiary/aromatic N) is 3. The van der Waals surface area contributed by atoms with E-state index in [0.29, 0.717) is 0 Å². The lowest BCUT2D eigenvalue weighted by molar-refractivity contribution is 0.334. The molecule has 112 valence electrons. The Morgan fingerprint density at radius 1 is 1.23 bits per heavy atom. The second-order valence-electron chi connectivity index (χ2n) is 5.73. The van der Waals surface area contributed by atoms with Gasteiger partial charge in [0.1, 0.15) is 11.7 Å². The molecule has 0 saturated heterocycles. The van der Waals surface area contributed by atoms with Crippen molar-refractivity contribution in [3.63, 3.8) is 0 Å². The number of benzene rings is 1. The van der Waals surface area contributed by atoms with Crippen LogP contribution in [-0.2, 0) is 0 Å². The van der Waals surface area contributed by atoms with Gasteiger partial charge < -0.3 is 14.2 Å². The monoisotopic (exact) mass is 293 g/mol. The van der Waals surface area contributed by atoms with Crippen molar-refractivity contribution in [2.24, 2.45) is 0 Å². The number of hydrogen-bond acceptors (Lipinski definition) is 4. The zero-order chi connectivity index (χ0) is 15.3. The lowest BCUT2D eigenvalue weighted by atomic mass is 10.1. The normalized spacial score (nSPS) is 18.0. The number of aromatic nitrogens is 1. The van der Waals surface area contributed by atoms with Crippen molar-refractivity contribution in [2.45, 2.75) is 26.9 Å². The highest BCUT2D eigenvalue weighted by Crippen LogP contribution is 2.38. The van der Waals surface area contributed by atoms with E-state index in [1.807, 2.05) is 18.3 Å². The molecule has 2 aromatic heterocycles. The minimum atomic E-state index is 0.287. The molecule has 3 heterocycles. The van der Waals surface area contributed by atoms with Crippen LogP contribution in [0.4, 0.5) is 5.69 Å². The Balaban J connectivity index is 1.97. The molecule has 4 rings (SSSR count). The van der Waals surface area contributed by atoms with Crippen LogP contribution in [0.15, 0.2) is 47.3 Å². The fourth-order valence-electron chi connectivity index (χ4n) is 3.26. The summed E-state index contributed by atoms with van der Waals surface area (Å²) in [5.74, 6) is 0. The third-order valence-electron chi connectivity index (χ3n) is 4.50. The molecule has 0 saturated carbocycles. The number of furan rings is 1. The Morgan fingerprint density at radius 3 is 2.86 bits per heavy atom. The largest absolute Gasteiger partial charge is 0.452 e. The standard InChI is InChI=1S/C18H19N3O/c1-4-20-10-11-21(13(20)3)17-12(2)7-8-14-16-15(22-18(14)17)6-5-9-19-16/h5-11,13H,4H2,1-3H3/t13-/m0/s1. The molecule has 0 radical (unpaired) electrons. The molecule has 4 nitrogen and oxygen atoms in total. The Bertz CT molecular complexity index is 881.